The van der Waals surface area contributed by atoms with Crippen molar-refractivity contribution in [3.05, 3.63) is 17.0 Å². The second-order valence-electron chi connectivity index (χ2n) is 5.12. The summed E-state index contributed by atoms with van der Waals surface area (Å²) in [7, 11) is 1.99. The molecule has 1 aromatic rings. The average Bonchev–Trinajstić information content (AvgIpc) is 2.57. The molecule has 0 spiro atoms. The minimum atomic E-state index is 0.192. The van der Waals surface area contributed by atoms with Gasteiger partial charge >= 0.3 is 0 Å². The third-order valence-electron chi connectivity index (χ3n) is 3.90. The Morgan fingerprint density at radius 2 is 2.29 bits per heavy atom. The highest BCUT2D eigenvalue weighted by molar-refractivity contribution is 5.25. The van der Waals surface area contributed by atoms with E-state index in [0.717, 1.165) is 31.7 Å². The molecule has 0 radical (unpaired) electrons. The van der Waals surface area contributed by atoms with Gasteiger partial charge in [-0.2, -0.15) is 5.10 Å². The number of hydrogen-bond donors (Lipinski definition) is 1. The minimum Gasteiger partial charge on any atom is -0.381 e. The minimum absolute atomic E-state index is 0.192. The molecule has 96 valence electrons. The molecule has 2 rings (SSSR count). The van der Waals surface area contributed by atoms with Crippen LogP contribution in [-0.2, 0) is 18.2 Å². The largest absolute Gasteiger partial charge is 0.381 e. The van der Waals surface area contributed by atoms with Crippen LogP contribution in [0.1, 0.15) is 29.8 Å². The maximum atomic E-state index is 6.31. The van der Waals surface area contributed by atoms with Gasteiger partial charge < -0.3 is 10.5 Å². The van der Waals surface area contributed by atoms with Crippen LogP contribution in [0, 0.1) is 19.8 Å². The normalized spacial score (nSPS) is 22.7. The van der Waals surface area contributed by atoms with Crippen LogP contribution in [0.3, 0.4) is 0 Å². The third kappa shape index (κ3) is 2.69. The SMILES string of the molecule is Cc1nn(C)c(C)c1CC(N)C1CCCOC1. The number of aromatic nitrogens is 2. The van der Waals surface area contributed by atoms with Crippen molar-refractivity contribution in [2.45, 2.75) is 39.2 Å². The van der Waals surface area contributed by atoms with Gasteiger partial charge in [0, 0.05) is 25.4 Å². The summed E-state index contributed by atoms with van der Waals surface area (Å²) in [5, 5.41) is 4.44. The molecule has 2 N–H and O–H groups in total. The van der Waals surface area contributed by atoms with Gasteiger partial charge in [0.2, 0.25) is 0 Å². The van der Waals surface area contributed by atoms with Gasteiger partial charge in [-0.25, -0.2) is 0 Å². The molecule has 1 saturated heterocycles. The van der Waals surface area contributed by atoms with E-state index in [-0.39, 0.29) is 6.04 Å². The van der Waals surface area contributed by atoms with E-state index in [4.69, 9.17) is 10.5 Å². The first-order chi connectivity index (χ1) is 8.09. The predicted octanol–water partition coefficient (Wildman–Crippen LogP) is 1.33. The lowest BCUT2D eigenvalue weighted by atomic mass is 9.89. The Kier molecular flexibility index (Phi) is 3.84. The first-order valence-electron chi connectivity index (χ1n) is 6.42. The number of ether oxygens (including phenoxy) is 1. The molecular weight excluding hydrogens is 214 g/mol. The zero-order valence-electron chi connectivity index (χ0n) is 11.1. The average molecular weight is 237 g/mol. The molecule has 0 bridgehead atoms. The second kappa shape index (κ2) is 5.19. The highest BCUT2D eigenvalue weighted by Gasteiger charge is 2.23. The van der Waals surface area contributed by atoms with Gasteiger partial charge in [-0.1, -0.05) is 0 Å². The fraction of sp³-hybridized carbons (Fsp3) is 0.769. The van der Waals surface area contributed by atoms with Crippen molar-refractivity contribution in [3.8, 4) is 0 Å². The van der Waals surface area contributed by atoms with Crippen LogP contribution in [0.5, 0.6) is 0 Å². The molecule has 1 aliphatic heterocycles. The molecule has 0 aromatic carbocycles. The standard InChI is InChI=1S/C13H23N3O/c1-9-12(10(2)16(3)15-9)7-13(14)11-5-4-6-17-8-11/h11,13H,4-8,14H2,1-3H3. The first-order valence-corrected chi connectivity index (χ1v) is 6.42. The highest BCUT2D eigenvalue weighted by atomic mass is 16.5. The lowest BCUT2D eigenvalue weighted by Crippen LogP contribution is -2.37. The Bertz CT molecular complexity index is 380. The van der Waals surface area contributed by atoms with Crippen molar-refractivity contribution in [1.29, 1.82) is 0 Å². The van der Waals surface area contributed by atoms with Crippen LogP contribution in [0.2, 0.25) is 0 Å². The van der Waals surface area contributed by atoms with Crippen molar-refractivity contribution in [2.24, 2.45) is 18.7 Å². The predicted molar refractivity (Wildman–Crippen MR) is 67.9 cm³/mol. The summed E-state index contributed by atoms with van der Waals surface area (Å²) < 4.78 is 7.45. The topological polar surface area (TPSA) is 53.1 Å². The van der Waals surface area contributed by atoms with E-state index in [2.05, 4.69) is 18.9 Å². The van der Waals surface area contributed by atoms with Gasteiger partial charge in [-0.05, 0) is 44.6 Å². The molecule has 17 heavy (non-hydrogen) atoms. The molecule has 2 unspecified atom stereocenters. The van der Waals surface area contributed by atoms with E-state index >= 15 is 0 Å². The summed E-state index contributed by atoms with van der Waals surface area (Å²) >= 11 is 0. The van der Waals surface area contributed by atoms with E-state index in [0.29, 0.717) is 5.92 Å². The van der Waals surface area contributed by atoms with Gasteiger partial charge in [-0.15, -0.1) is 0 Å². The molecule has 1 aliphatic rings. The van der Waals surface area contributed by atoms with E-state index in [1.54, 1.807) is 0 Å². The summed E-state index contributed by atoms with van der Waals surface area (Å²) in [5.74, 6) is 0.503. The summed E-state index contributed by atoms with van der Waals surface area (Å²) in [5.41, 5.74) is 9.96. The fourth-order valence-electron chi connectivity index (χ4n) is 2.62. The first kappa shape index (κ1) is 12.6. The molecular formula is C13H23N3O. The summed E-state index contributed by atoms with van der Waals surface area (Å²) in [6, 6.07) is 0.192. The van der Waals surface area contributed by atoms with Crippen molar-refractivity contribution >= 4 is 0 Å². The monoisotopic (exact) mass is 237 g/mol. The highest BCUT2D eigenvalue weighted by Crippen LogP contribution is 2.21. The van der Waals surface area contributed by atoms with Crippen LogP contribution in [0.15, 0.2) is 0 Å². The van der Waals surface area contributed by atoms with Crippen LogP contribution in [-0.4, -0.2) is 29.0 Å². The maximum absolute atomic E-state index is 6.31. The van der Waals surface area contributed by atoms with Crippen molar-refractivity contribution in [2.75, 3.05) is 13.2 Å². The molecule has 0 amide bonds. The lowest BCUT2D eigenvalue weighted by molar-refractivity contribution is 0.0449. The van der Waals surface area contributed by atoms with Crippen molar-refractivity contribution in [1.82, 2.24) is 9.78 Å². The van der Waals surface area contributed by atoms with Crippen LogP contribution in [0.4, 0.5) is 0 Å². The van der Waals surface area contributed by atoms with E-state index in [9.17, 15) is 0 Å². The van der Waals surface area contributed by atoms with Gasteiger partial charge in [0.25, 0.3) is 0 Å². The van der Waals surface area contributed by atoms with E-state index < -0.39 is 0 Å². The molecule has 2 heterocycles. The number of aryl methyl sites for hydroxylation is 2. The Hall–Kier alpha value is -0.870. The van der Waals surface area contributed by atoms with Crippen LogP contribution in [0.25, 0.3) is 0 Å². The van der Waals surface area contributed by atoms with Gasteiger partial charge in [0.15, 0.2) is 0 Å². The number of nitrogens with zero attached hydrogens (tertiary/aromatic N) is 2. The Labute approximate surface area is 103 Å². The summed E-state index contributed by atoms with van der Waals surface area (Å²) in [4.78, 5) is 0. The molecule has 0 aliphatic carbocycles. The molecule has 0 saturated carbocycles. The van der Waals surface area contributed by atoms with Crippen LogP contribution < -0.4 is 5.73 Å². The van der Waals surface area contributed by atoms with Crippen LogP contribution >= 0.6 is 0 Å². The molecule has 2 atom stereocenters. The number of hydrogen-bond acceptors (Lipinski definition) is 3. The summed E-state index contributed by atoms with van der Waals surface area (Å²) in [6.45, 7) is 5.89. The van der Waals surface area contributed by atoms with E-state index in [1.165, 1.54) is 17.7 Å². The molecule has 1 fully saturated rings. The van der Waals surface area contributed by atoms with E-state index in [1.807, 2.05) is 11.7 Å². The number of nitrogens with two attached hydrogens (primary N) is 1. The fourth-order valence-corrected chi connectivity index (χ4v) is 2.62. The third-order valence-corrected chi connectivity index (χ3v) is 3.90. The Morgan fingerprint density at radius 1 is 1.53 bits per heavy atom. The zero-order chi connectivity index (χ0) is 12.4. The van der Waals surface area contributed by atoms with Crippen molar-refractivity contribution < 1.29 is 4.74 Å². The van der Waals surface area contributed by atoms with Gasteiger partial charge in [0.1, 0.15) is 0 Å². The molecule has 4 heteroatoms. The summed E-state index contributed by atoms with van der Waals surface area (Å²) in [6.07, 6.45) is 3.25. The Balaban J connectivity index is 2.04. The molecule has 1 aromatic heterocycles. The lowest BCUT2D eigenvalue weighted by Gasteiger charge is -2.27. The molecule has 4 nitrogen and oxygen atoms in total. The Morgan fingerprint density at radius 3 is 2.82 bits per heavy atom. The number of rotatable bonds is 3. The smallest absolute Gasteiger partial charge is 0.0628 e. The second-order valence-corrected chi connectivity index (χ2v) is 5.12. The van der Waals surface area contributed by atoms with Crippen molar-refractivity contribution in [3.63, 3.8) is 0 Å². The van der Waals surface area contributed by atoms with Gasteiger partial charge in [0.05, 0.1) is 12.3 Å². The zero-order valence-corrected chi connectivity index (χ0v) is 11.1. The maximum Gasteiger partial charge on any atom is 0.0628 e. The van der Waals surface area contributed by atoms with Gasteiger partial charge in [-0.3, -0.25) is 4.68 Å². The quantitative estimate of drug-likeness (QED) is 0.863.